The molecule has 0 spiro atoms. The predicted octanol–water partition coefficient (Wildman–Crippen LogP) is 1.03. The summed E-state index contributed by atoms with van der Waals surface area (Å²) < 4.78 is 4.21. The maximum Gasteiger partial charge on any atom is 0.511 e. The van der Waals surface area contributed by atoms with Gasteiger partial charge in [-0.15, -0.1) is 0 Å². The minimum absolute atomic E-state index is 0.128. The summed E-state index contributed by atoms with van der Waals surface area (Å²) in [5, 5.41) is 17.3. The second kappa shape index (κ2) is 3.00. The maximum atomic E-state index is 10.0. The molecule has 0 atom stereocenters. The summed E-state index contributed by atoms with van der Waals surface area (Å²) >= 11 is 0. The van der Waals surface area contributed by atoms with Crippen LogP contribution in [-0.4, -0.2) is 16.4 Å². The molecule has 0 saturated carbocycles. The fourth-order valence-corrected chi connectivity index (χ4v) is 0.715. The molecule has 64 valence electrons. The van der Waals surface area contributed by atoms with Crippen molar-refractivity contribution in [2.45, 2.75) is 0 Å². The molecule has 0 saturated heterocycles. The van der Waals surface area contributed by atoms with Crippen LogP contribution in [0, 0.1) is 0 Å². The van der Waals surface area contributed by atoms with Crippen LogP contribution in [0.1, 0.15) is 0 Å². The van der Waals surface area contributed by atoms with Crippen LogP contribution in [0.4, 0.5) is 10.5 Å². The Morgan fingerprint density at radius 3 is 2.67 bits per heavy atom. The molecule has 0 heterocycles. The van der Waals surface area contributed by atoms with Crippen molar-refractivity contribution in [2.24, 2.45) is 0 Å². The van der Waals surface area contributed by atoms with Gasteiger partial charge in [-0.25, -0.2) is 4.79 Å². The third kappa shape index (κ3) is 1.79. The largest absolute Gasteiger partial charge is 0.511 e. The maximum absolute atomic E-state index is 10.0. The van der Waals surface area contributed by atoms with Crippen molar-refractivity contribution < 1.29 is 19.7 Å². The monoisotopic (exact) mass is 169 g/mol. The van der Waals surface area contributed by atoms with Gasteiger partial charge < -0.3 is 20.7 Å². The summed E-state index contributed by atoms with van der Waals surface area (Å²) in [5.41, 5.74) is 5.63. The summed E-state index contributed by atoms with van der Waals surface area (Å²) in [7, 11) is 0. The summed E-state index contributed by atoms with van der Waals surface area (Å²) in [6.07, 6.45) is -1.48. The molecule has 1 rings (SSSR count). The van der Waals surface area contributed by atoms with Crippen molar-refractivity contribution in [3.05, 3.63) is 18.2 Å². The molecule has 5 nitrogen and oxygen atoms in total. The average molecular weight is 169 g/mol. The van der Waals surface area contributed by atoms with E-state index in [1.54, 1.807) is 0 Å². The number of phenolic OH excluding ortho intramolecular Hbond substituents is 1. The predicted molar refractivity (Wildman–Crippen MR) is 41.2 cm³/mol. The van der Waals surface area contributed by atoms with E-state index < -0.39 is 6.16 Å². The number of rotatable bonds is 1. The molecular formula is C7H7NO4. The Morgan fingerprint density at radius 2 is 2.17 bits per heavy atom. The van der Waals surface area contributed by atoms with Crippen LogP contribution >= 0.6 is 0 Å². The molecule has 0 bridgehead atoms. The summed E-state index contributed by atoms with van der Waals surface area (Å²) in [6, 6.07) is 3.91. The van der Waals surface area contributed by atoms with E-state index in [4.69, 9.17) is 15.9 Å². The molecule has 0 aliphatic heterocycles. The number of carboxylic acid groups (broad SMARTS) is 1. The van der Waals surface area contributed by atoms with Gasteiger partial charge in [-0.2, -0.15) is 0 Å². The van der Waals surface area contributed by atoms with Gasteiger partial charge in [-0.1, -0.05) is 0 Å². The van der Waals surface area contributed by atoms with Gasteiger partial charge in [0.05, 0.1) is 0 Å². The molecule has 12 heavy (non-hydrogen) atoms. The van der Waals surface area contributed by atoms with Crippen molar-refractivity contribution in [2.75, 3.05) is 5.73 Å². The van der Waals surface area contributed by atoms with Gasteiger partial charge in [0.1, 0.15) is 0 Å². The number of ether oxygens (including phenoxy) is 1. The molecule has 0 unspecified atom stereocenters. The molecule has 5 heteroatoms. The molecule has 0 fully saturated rings. The molecule has 0 aliphatic rings. The lowest BCUT2D eigenvalue weighted by Crippen LogP contribution is -2.03. The standard InChI is InChI=1S/C7H7NO4/c8-4-1-2-6(5(9)3-4)12-7(10)11/h1-3,9H,8H2,(H,10,11). The van der Waals surface area contributed by atoms with Crippen LogP contribution < -0.4 is 10.5 Å². The Kier molecular flexibility index (Phi) is 2.05. The van der Waals surface area contributed by atoms with Gasteiger partial charge in [0.15, 0.2) is 11.5 Å². The van der Waals surface area contributed by atoms with E-state index >= 15 is 0 Å². The smallest absolute Gasteiger partial charge is 0.504 e. The normalized spacial score (nSPS) is 9.33. The van der Waals surface area contributed by atoms with E-state index in [0.29, 0.717) is 5.69 Å². The minimum Gasteiger partial charge on any atom is -0.504 e. The fourth-order valence-electron chi connectivity index (χ4n) is 0.715. The van der Waals surface area contributed by atoms with Gasteiger partial charge in [0, 0.05) is 11.8 Å². The first-order valence-electron chi connectivity index (χ1n) is 3.09. The number of phenols is 1. The molecule has 0 aromatic heterocycles. The third-order valence-electron chi connectivity index (χ3n) is 1.18. The molecule has 0 amide bonds. The fraction of sp³-hybridized carbons (Fsp3) is 0. The zero-order valence-corrected chi connectivity index (χ0v) is 6.02. The first-order chi connectivity index (χ1) is 5.59. The number of hydrogen-bond donors (Lipinski definition) is 3. The minimum atomic E-state index is -1.48. The first kappa shape index (κ1) is 8.19. The SMILES string of the molecule is Nc1ccc(OC(=O)O)c(O)c1. The van der Waals surface area contributed by atoms with E-state index in [-0.39, 0.29) is 11.5 Å². The first-order valence-corrected chi connectivity index (χ1v) is 3.09. The van der Waals surface area contributed by atoms with E-state index in [2.05, 4.69) is 4.74 Å². The molecular weight excluding hydrogens is 162 g/mol. The van der Waals surface area contributed by atoms with Crippen molar-refractivity contribution >= 4 is 11.8 Å². The highest BCUT2D eigenvalue weighted by atomic mass is 16.7. The van der Waals surface area contributed by atoms with Crippen molar-refractivity contribution in [3.8, 4) is 11.5 Å². The number of aromatic hydroxyl groups is 1. The summed E-state index contributed by atoms with van der Waals surface area (Å²) in [4.78, 5) is 10.0. The number of anilines is 1. The third-order valence-corrected chi connectivity index (χ3v) is 1.18. The lowest BCUT2D eigenvalue weighted by Gasteiger charge is -2.02. The van der Waals surface area contributed by atoms with E-state index in [1.807, 2.05) is 0 Å². The van der Waals surface area contributed by atoms with Crippen LogP contribution in [0.15, 0.2) is 18.2 Å². The summed E-state index contributed by atoms with van der Waals surface area (Å²) in [6.45, 7) is 0. The number of nitrogens with two attached hydrogens (primary N) is 1. The van der Waals surface area contributed by atoms with Crippen molar-refractivity contribution in [3.63, 3.8) is 0 Å². The van der Waals surface area contributed by atoms with Gasteiger partial charge in [-0.3, -0.25) is 0 Å². The van der Waals surface area contributed by atoms with Crippen molar-refractivity contribution in [1.29, 1.82) is 0 Å². The average Bonchev–Trinajstić information content (AvgIpc) is 1.94. The highest BCUT2D eigenvalue weighted by Gasteiger charge is 2.05. The number of hydrogen-bond acceptors (Lipinski definition) is 4. The molecule has 4 N–H and O–H groups in total. The summed E-state index contributed by atoms with van der Waals surface area (Å²) in [5.74, 6) is -0.422. The zero-order chi connectivity index (χ0) is 9.14. The topological polar surface area (TPSA) is 92.8 Å². The van der Waals surface area contributed by atoms with E-state index in [0.717, 1.165) is 0 Å². The second-order valence-electron chi connectivity index (χ2n) is 2.10. The highest BCUT2D eigenvalue weighted by Crippen LogP contribution is 2.27. The van der Waals surface area contributed by atoms with E-state index in [1.165, 1.54) is 18.2 Å². The van der Waals surface area contributed by atoms with E-state index in [9.17, 15) is 4.79 Å². The lowest BCUT2D eigenvalue weighted by molar-refractivity contribution is 0.143. The van der Waals surface area contributed by atoms with Gasteiger partial charge in [0.25, 0.3) is 0 Å². The molecule has 0 radical (unpaired) electrons. The number of nitrogen functional groups attached to an aromatic ring is 1. The molecule has 1 aromatic carbocycles. The number of carbonyl (C=O) groups is 1. The molecule has 1 aromatic rings. The Hall–Kier alpha value is -1.91. The van der Waals surface area contributed by atoms with Crippen LogP contribution in [0.5, 0.6) is 11.5 Å². The lowest BCUT2D eigenvalue weighted by atomic mass is 10.3. The Balaban J connectivity index is 2.93. The zero-order valence-electron chi connectivity index (χ0n) is 6.02. The van der Waals surface area contributed by atoms with Crippen LogP contribution in [-0.2, 0) is 0 Å². The highest BCUT2D eigenvalue weighted by molar-refractivity contribution is 5.64. The van der Waals surface area contributed by atoms with Gasteiger partial charge in [-0.05, 0) is 12.1 Å². The van der Waals surface area contributed by atoms with Gasteiger partial charge in [0.2, 0.25) is 0 Å². The Labute approximate surface area is 68.0 Å². The Bertz CT molecular complexity index is 310. The molecule has 0 aliphatic carbocycles. The van der Waals surface area contributed by atoms with Crippen LogP contribution in [0.25, 0.3) is 0 Å². The van der Waals surface area contributed by atoms with Crippen LogP contribution in [0.2, 0.25) is 0 Å². The quantitative estimate of drug-likeness (QED) is 0.331. The second-order valence-corrected chi connectivity index (χ2v) is 2.10. The Morgan fingerprint density at radius 1 is 1.50 bits per heavy atom. The van der Waals surface area contributed by atoms with Crippen LogP contribution in [0.3, 0.4) is 0 Å². The number of benzene rings is 1. The van der Waals surface area contributed by atoms with Gasteiger partial charge >= 0.3 is 6.16 Å². The van der Waals surface area contributed by atoms with Crippen molar-refractivity contribution in [1.82, 2.24) is 0 Å².